The lowest BCUT2D eigenvalue weighted by molar-refractivity contribution is -0.145. The number of amides is 2. The molecule has 2 aliphatic rings. The summed E-state index contributed by atoms with van der Waals surface area (Å²) in [5, 5.41) is 14.7. The van der Waals surface area contributed by atoms with Crippen LogP contribution in [0.4, 0.5) is 5.69 Å². The SMILES string of the molecule is O=C(Nc1cccc(CNC(=O)[C@H]2C=C[C@H]2C(=O)O)c1)C1CCCC1. The summed E-state index contributed by atoms with van der Waals surface area (Å²) >= 11 is 0. The van der Waals surface area contributed by atoms with Gasteiger partial charge in [0.25, 0.3) is 0 Å². The zero-order valence-electron chi connectivity index (χ0n) is 13.9. The molecule has 3 N–H and O–H groups in total. The van der Waals surface area contributed by atoms with Crippen LogP contribution in [0.15, 0.2) is 36.4 Å². The summed E-state index contributed by atoms with van der Waals surface area (Å²) < 4.78 is 0. The number of carbonyl (C=O) groups is 3. The van der Waals surface area contributed by atoms with E-state index < -0.39 is 17.8 Å². The maximum atomic E-state index is 12.2. The van der Waals surface area contributed by atoms with Crippen LogP contribution in [0.5, 0.6) is 0 Å². The van der Waals surface area contributed by atoms with Gasteiger partial charge in [-0.15, -0.1) is 0 Å². The van der Waals surface area contributed by atoms with Crippen molar-refractivity contribution in [2.45, 2.75) is 32.2 Å². The molecule has 0 bridgehead atoms. The van der Waals surface area contributed by atoms with Gasteiger partial charge in [0.15, 0.2) is 0 Å². The van der Waals surface area contributed by atoms with Crippen LogP contribution < -0.4 is 10.6 Å². The Morgan fingerprint density at radius 2 is 1.76 bits per heavy atom. The lowest BCUT2D eigenvalue weighted by Crippen LogP contribution is -2.39. The summed E-state index contributed by atoms with van der Waals surface area (Å²) in [6, 6.07) is 7.34. The molecule has 0 unspecified atom stereocenters. The maximum absolute atomic E-state index is 12.2. The second-order valence-corrected chi connectivity index (χ2v) is 6.66. The molecule has 2 aliphatic carbocycles. The molecule has 1 aromatic rings. The number of hydrogen-bond acceptors (Lipinski definition) is 3. The highest BCUT2D eigenvalue weighted by Gasteiger charge is 2.35. The Hall–Kier alpha value is -2.63. The number of carboxylic acid groups (broad SMARTS) is 1. The molecule has 6 heteroatoms. The largest absolute Gasteiger partial charge is 0.481 e. The number of carboxylic acids is 1. The van der Waals surface area contributed by atoms with E-state index in [0.717, 1.165) is 36.9 Å². The number of anilines is 1. The molecule has 0 saturated heterocycles. The lowest BCUT2D eigenvalue weighted by atomic mass is 9.81. The van der Waals surface area contributed by atoms with Gasteiger partial charge in [0.2, 0.25) is 11.8 Å². The highest BCUT2D eigenvalue weighted by Crippen LogP contribution is 2.27. The molecule has 0 spiro atoms. The van der Waals surface area contributed by atoms with E-state index in [-0.39, 0.29) is 17.7 Å². The van der Waals surface area contributed by atoms with Gasteiger partial charge in [-0.1, -0.05) is 37.1 Å². The third kappa shape index (κ3) is 4.07. The fourth-order valence-electron chi connectivity index (χ4n) is 3.32. The number of benzene rings is 1. The van der Waals surface area contributed by atoms with Crippen molar-refractivity contribution in [2.75, 3.05) is 5.32 Å². The van der Waals surface area contributed by atoms with Gasteiger partial charge >= 0.3 is 5.97 Å². The van der Waals surface area contributed by atoms with Crippen LogP contribution in [0, 0.1) is 17.8 Å². The van der Waals surface area contributed by atoms with E-state index in [4.69, 9.17) is 5.11 Å². The van der Waals surface area contributed by atoms with Gasteiger partial charge in [0, 0.05) is 18.2 Å². The standard InChI is InChI=1S/C19H22N2O4/c22-17(13-5-1-2-6-13)21-14-7-3-4-12(10-14)11-20-18(23)15-8-9-16(15)19(24)25/h3-4,7-10,13,15-16H,1-2,5-6,11H2,(H,20,23)(H,21,22)(H,24,25)/t15-,16+/m0/s1. The molecule has 0 radical (unpaired) electrons. The van der Waals surface area contributed by atoms with Crippen molar-refractivity contribution >= 4 is 23.5 Å². The maximum Gasteiger partial charge on any atom is 0.311 e. The Labute approximate surface area is 146 Å². The summed E-state index contributed by atoms with van der Waals surface area (Å²) in [4.78, 5) is 35.2. The zero-order chi connectivity index (χ0) is 17.8. The van der Waals surface area contributed by atoms with E-state index in [1.807, 2.05) is 24.3 Å². The van der Waals surface area contributed by atoms with Gasteiger partial charge < -0.3 is 15.7 Å². The van der Waals surface area contributed by atoms with Crippen LogP contribution >= 0.6 is 0 Å². The fraction of sp³-hybridized carbons (Fsp3) is 0.421. The molecule has 1 fully saturated rings. The van der Waals surface area contributed by atoms with Crippen LogP contribution in [0.25, 0.3) is 0 Å². The first kappa shape index (κ1) is 17.2. The second kappa shape index (κ2) is 7.51. The topological polar surface area (TPSA) is 95.5 Å². The van der Waals surface area contributed by atoms with E-state index in [1.165, 1.54) is 6.08 Å². The van der Waals surface area contributed by atoms with Crippen molar-refractivity contribution in [1.29, 1.82) is 0 Å². The van der Waals surface area contributed by atoms with Crippen molar-refractivity contribution in [3.8, 4) is 0 Å². The van der Waals surface area contributed by atoms with E-state index in [0.29, 0.717) is 6.54 Å². The Kier molecular flexibility index (Phi) is 5.16. The van der Waals surface area contributed by atoms with Crippen molar-refractivity contribution in [3.05, 3.63) is 42.0 Å². The van der Waals surface area contributed by atoms with Crippen molar-refractivity contribution < 1.29 is 19.5 Å². The van der Waals surface area contributed by atoms with Crippen LogP contribution in [0.3, 0.4) is 0 Å². The first-order chi connectivity index (χ1) is 12.0. The summed E-state index contributed by atoms with van der Waals surface area (Å²) in [6.07, 6.45) is 7.23. The molecule has 1 aromatic carbocycles. The predicted molar refractivity (Wildman–Crippen MR) is 92.6 cm³/mol. The average Bonchev–Trinajstić information content (AvgIpc) is 3.06. The van der Waals surface area contributed by atoms with Gasteiger partial charge in [-0.25, -0.2) is 0 Å². The quantitative estimate of drug-likeness (QED) is 0.691. The molecule has 0 aromatic heterocycles. The third-order valence-corrected chi connectivity index (χ3v) is 4.89. The first-order valence-corrected chi connectivity index (χ1v) is 8.63. The van der Waals surface area contributed by atoms with E-state index in [9.17, 15) is 14.4 Å². The van der Waals surface area contributed by atoms with Crippen LogP contribution in [-0.2, 0) is 20.9 Å². The smallest absolute Gasteiger partial charge is 0.311 e. The minimum Gasteiger partial charge on any atom is -0.481 e. The Morgan fingerprint density at radius 1 is 1.04 bits per heavy atom. The van der Waals surface area contributed by atoms with Gasteiger partial charge in [-0.3, -0.25) is 14.4 Å². The summed E-state index contributed by atoms with van der Waals surface area (Å²) in [7, 11) is 0. The summed E-state index contributed by atoms with van der Waals surface area (Å²) in [6.45, 7) is 0.294. The fourth-order valence-corrected chi connectivity index (χ4v) is 3.32. The van der Waals surface area contributed by atoms with Crippen LogP contribution in [0.2, 0.25) is 0 Å². The average molecular weight is 342 g/mol. The Morgan fingerprint density at radius 3 is 2.40 bits per heavy atom. The number of nitrogens with one attached hydrogen (secondary N) is 2. The van der Waals surface area contributed by atoms with Crippen molar-refractivity contribution in [3.63, 3.8) is 0 Å². The second-order valence-electron chi connectivity index (χ2n) is 6.66. The Balaban J connectivity index is 1.53. The highest BCUT2D eigenvalue weighted by atomic mass is 16.4. The Bertz CT molecular complexity index is 707. The number of aliphatic carboxylic acids is 1. The number of carbonyl (C=O) groups excluding carboxylic acids is 2. The van der Waals surface area contributed by atoms with Crippen molar-refractivity contribution in [2.24, 2.45) is 17.8 Å². The highest BCUT2D eigenvalue weighted by molar-refractivity contribution is 5.93. The van der Waals surface area contributed by atoms with Gasteiger partial charge in [0.1, 0.15) is 0 Å². The van der Waals surface area contributed by atoms with Gasteiger partial charge in [0.05, 0.1) is 11.8 Å². The molecule has 25 heavy (non-hydrogen) atoms. The van der Waals surface area contributed by atoms with Crippen LogP contribution in [-0.4, -0.2) is 22.9 Å². The van der Waals surface area contributed by atoms with E-state index in [1.54, 1.807) is 6.08 Å². The molecule has 6 nitrogen and oxygen atoms in total. The first-order valence-electron chi connectivity index (χ1n) is 8.63. The number of hydrogen-bond donors (Lipinski definition) is 3. The molecule has 0 heterocycles. The monoisotopic (exact) mass is 342 g/mol. The molecular weight excluding hydrogens is 320 g/mol. The molecule has 0 aliphatic heterocycles. The van der Waals surface area contributed by atoms with E-state index in [2.05, 4.69) is 10.6 Å². The molecule has 1 saturated carbocycles. The molecule has 2 amide bonds. The van der Waals surface area contributed by atoms with Gasteiger partial charge in [-0.2, -0.15) is 0 Å². The lowest BCUT2D eigenvalue weighted by Gasteiger charge is -2.24. The third-order valence-electron chi connectivity index (χ3n) is 4.89. The molecule has 3 rings (SSSR count). The molecule has 2 atom stereocenters. The minimum atomic E-state index is -0.987. The van der Waals surface area contributed by atoms with E-state index >= 15 is 0 Å². The van der Waals surface area contributed by atoms with Crippen molar-refractivity contribution in [1.82, 2.24) is 5.32 Å². The zero-order valence-corrected chi connectivity index (χ0v) is 13.9. The molecular formula is C19H22N2O4. The van der Waals surface area contributed by atoms with Gasteiger partial charge in [-0.05, 0) is 30.5 Å². The predicted octanol–water partition coefficient (Wildman–Crippen LogP) is 2.32. The minimum absolute atomic E-state index is 0.0580. The van der Waals surface area contributed by atoms with Crippen LogP contribution in [0.1, 0.15) is 31.2 Å². The molecule has 132 valence electrons. The number of rotatable bonds is 6. The summed E-state index contributed by atoms with van der Waals surface area (Å²) in [5.41, 5.74) is 1.57. The normalized spacial score (nSPS) is 22.2. The summed E-state index contributed by atoms with van der Waals surface area (Å²) in [5.74, 6) is -2.47.